The van der Waals surface area contributed by atoms with Crippen molar-refractivity contribution in [2.45, 2.75) is 253 Å². The van der Waals surface area contributed by atoms with Crippen LogP contribution < -0.4 is 11.1 Å². The van der Waals surface area contributed by atoms with Crippen molar-refractivity contribution in [2.75, 3.05) is 39.0 Å². The molecule has 3 aromatic rings. The number of rotatable bonds is 8. The first-order valence-corrected chi connectivity index (χ1v) is 75.2. The molecule has 0 aromatic carbocycles. The van der Waals surface area contributed by atoms with Crippen LogP contribution in [0.3, 0.4) is 0 Å². The van der Waals surface area contributed by atoms with Crippen molar-refractivity contribution < 1.29 is 75.2 Å². The number of aromatic nitrogens is 3. The number of nitrogens with zero attached hydrogens (tertiary/aromatic N) is 6. The fourth-order valence-corrected chi connectivity index (χ4v) is 67.5. The van der Waals surface area contributed by atoms with Crippen LogP contribution in [0.2, 0.25) is 0 Å². The molecule has 3 amide bonds. The van der Waals surface area contributed by atoms with E-state index in [1.165, 1.54) is 70.2 Å². The van der Waals surface area contributed by atoms with Crippen molar-refractivity contribution in [3.05, 3.63) is 83.1 Å². The molecule has 3 aromatic heterocycles. The number of carboxylic acids is 1. The quantitative estimate of drug-likeness (QED) is 0.107. The molecule has 20 nitrogen and oxygen atoms in total. The van der Waals surface area contributed by atoms with Crippen molar-refractivity contribution in [1.29, 1.82) is 0 Å². The third-order valence-electron chi connectivity index (χ3n) is 14.6. The van der Waals surface area contributed by atoms with Crippen LogP contribution in [0.15, 0.2) is 54.6 Å². The van der Waals surface area contributed by atoms with Gasteiger partial charge in [-0.1, -0.05) is 33.1 Å². The number of ketones is 2. The highest BCUT2D eigenvalue weighted by Gasteiger charge is 2.39. The number of hydrogen-bond donors (Lipinski definition) is 3. The van der Waals surface area contributed by atoms with Crippen LogP contribution in [0.1, 0.15) is 183 Å². The molecule has 4 aliphatic heterocycles. The molecule has 8 atom stereocenters. The number of carbonyl (C=O) groups is 7. The van der Waals surface area contributed by atoms with E-state index >= 15 is 0 Å². The van der Waals surface area contributed by atoms with Crippen LogP contribution in [0, 0.1) is 20.8 Å². The Morgan fingerprint density at radius 2 is 0.696 bits per heavy atom. The number of carboxylic acid groups (broad SMARTS) is 1. The molecule has 722 valence electrons. The second kappa shape index (κ2) is 82.0. The van der Waals surface area contributed by atoms with Gasteiger partial charge in [-0.3, -0.25) is 34.3 Å². The average molecular weight is 2410 g/mol. The number of nitrogens with two attached hydrogens (primary N) is 1. The van der Waals surface area contributed by atoms with Gasteiger partial charge < -0.3 is 35.1 Å². The SMILES string of the molecule is C.C.CC(C)(C)OC(=O)N1CCC(F)CC[C@H]1C(=O)O.COC(=O)[C@@H]1CCC(F)CCN1C(=O)OC(C)(C)C.Cc1cccc(CC(=O)[C@@H]2CCC(F)CCN2)n1.Cc1cccc(CC(=O)[C@@H]2CCC(F)CCN2C(=O)OC(C)(C)C)n1.Cc1cccc(N)n1.Cl.Cl.S=S=S=S=S=S=S=S=S=S.S=S=S=S=S=S=S=S=S=S=S.S=S=S=S=S=S=S=S=S=S=S=S. The standard InChI is InChI=1S/C19H27FN2O3.C14H19FN2O.C13H22FNO4.C12H20FNO4.C6H8N2.2CH4.2ClH.S12.S11.S10/c1-13-6-5-7-15(21-13)12-17(23)16-9-8-14(20)10-11-22(16)18(24)25-19(2,3)4;1-10-3-2-4-12(17-10)9-14(18)13-6-5-11(15)7-8-16-13;1-13(2,3)19-12(17)15-8-7-9(14)5-6-10(15)11(16)18-4;1-12(2,3)18-11(17)14-7-6-8(13)4-5-9(14)10(15)16;1-5-3-2-4-6(7)8-5;;;;;1-3-5-7-9-11-12-10-8-6-4-2;1-3-5-7-9-11-10-8-6-4-2;1-3-5-7-9-10-8-6-4-2/h5-7,14,16H,8-12H2,1-4H3;2-4,11,13,16H,5-9H2,1H3;9-10H,5-8H2,1-4H3;8-9H,4-7H2,1-3H3,(H,15,16);2-4H,1H3,(H2,7,8);2*1H4;2*1H;;;/t14?,16-;11?,13-;9?,10-;8?,9-;;;;;;;;/m0000......../s1. The van der Waals surface area contributed by atoms with Gasteiger partial charge in [0.15, 0.2) is 11.6 Å². The molecule has 4 fully saturated rings. The number of alkyl halides is 4. The van der Waals surface area contributed by atoms with E-state index < -0.39 is 89.8 Å². The van der Waals surface area contributed by atoms with Crippen LogP contribution >= 0.6 is 24.8 Å². The van der Waals surface area contributed by atoms with Gasteiger partial charge in [-0.05, 0) is 203 Å². The lowest BCUT2D eigenvalue weighted by atomic mass is 10.0. The first kappa shape index (κ1) is 134. The van der Waals surface area contributed by atoms with E-state index in [4.69, 9.17) is 25.1 Å². The Labute approximate surface area is 852 Å². The van der Waals surface area contributed by atoms with Gasteiger partial charge in [0.2, 0.25) is 0 Å². The predicted molar refractivity (Wildman–Crippen MR) is 596 cm³/mol. The Balaban J connectivity index is -0.000000447. The number of esters is 1. The summed E-state index contributed by atoms with van der Waals surface area (Å²) in [4.78, 5) is 101. The molecule has 0 saturated carbocycles. The zero-order valence-electron chi connectivity index (χ0n) is 68.0. The summed E-state index contributed by atoms with van der Waals surface area (Å²) in [5.41, 5.74) is 7.51. The number of nitrogens with one attached hydrogen (secondary N) is 1. The summed E-state index contributed by atoms with van der Waals surface area (Å²) in [5, 5.41) is 12.2. The van der Waals surface area contributed by atoms with Gasteiger partial charge in [0.25, 0.3) is 0 Å². The van der Waals surface area contributed by atoms with E-state index in [0.717, 1.165) is 27.7 Å². The van der Waals surface area contributed by atoms with Crippen LogP contribution in [-0.4, -0.2) is 175 Å². The maximum absolute atomic E-state index is 13.8. The Kier molecular flexibility index (Phi) is 88.1. The Bertz CT molecular complexity index is 5070. The number of likely N-dealkylation sites (tertiary alicyclic amines) is 3. The van der Waals surface area contributed by atoms with Crippen molar-refractivity contribution in [2.24, 2.45) is 0 Å². The number of amides is 3. The zero-order valence-corrected chi connectivity index (χ0v) is 96.6. The fourth-order valence-electron chi connectivity index (χ4n) is 9.89. The maximum Gasteiger partial charge on any atom is 0.411 e. The second-order valence-electron chi connectivity index (χ2n) is 27.2. The van der Waals surface area contributed by atoms with Crippen molar-refractivity contribution in [3.8, 4) is 0 Å². The summed E-state index contributed by atoms with van der Waals surface area (Å²) in [6.45, 7) is 22.4. The van der Waals surface area contributed by atoms with Gasteiger partial charge in [-0.15, -0.1) is 24.8 Å². The molecule has 7 rings (SSSR count). The van der Waals surface area contributed by atoms with Gasteiger partial charge in [0.05, 0.1) is 32.0 Å². The second-order valence-corrected chi connectivity index (χ2v) is 74.9. The molecule has 0 radical (unpaired) electrons. The predicted octanol–water partition coefficient (Wildman–Crippen LogP) is 13.1. The summed E-state index contributed by atoms with van der Waals surface area (Å²) in [7, 11) is 44.7. The number of aliphatic carboxylic acids is 1. The summed E-state index contributed by atoms with van der Waals surface area (Å²) < 4.78 is 74.2. The largest absolute Gasteiger partial charge is 0.480 e. The molecular formula is C66H106Cl2F4N8O12S33. The maximum atomic E-state index is 13.8. The zero-order chi connectivity index (χ0) is 91.2. The van der Waals surface area contributed by atoms with Crippen LogP contribution in [0.25, 0.3) is 0 Å². The lowest BCUT2D eigenvalue weighted by molar-refractivity contribution is -0.147. The van der Waals surface area contributed by atoms with E-state index in [9.17, 15) is 51.1 Å². The summed E-state index contributed by atoms with van der Waals surface area (Å²) >= 11 is 28.0. The summed E-state index contributed by atoms with van der Waals surface area (Å²) in [6.07, 6.45) is -1.67. The Morgan fingerprint density at radius 3 is 0.992 bits per heavy atom. The van der Waals surface area contributed by atoms with Gasteiger partial charge in [0.1, 0.15) is 59.4 Å². The number of Topliss-reactive ketones (excluding diaryl/α,β-unsaturated/α-hetero) is 2. The minimum Gasteiger partial charge on any atom is -0.480 e. The number of methoxy groups -OCH3 is 1. The highest BCUT2D eigenvalue weighted by atomic mass is 35.5. The van der Waals surface area contributed by atoms with Crippen molar-refractivity contribution >= 4 is 379 Å². The van der Waals surface area contributed by atoms with Gasteiger partial charge in [-0.2, -0.15) is 0 Å². The lowest BCUT2D eigenvalue weighted by Crippen LogP contribution is -2.47. The van der Waals surface area contributed by atoms with E-state index in [0.29, 0.717) is 50.2 Å². The first-order valence-electron chi connectivity index (χ1n) is 35.2. The average Bonchev–Trinajstić information content (AvgIpc) is 1.77. The summed E-state index contributed by atoms with van der Waals surface area (Å²) in [5.74, 6) is -1.07. The minimum absolute atomic E-state index is 0. The highest BCUT2D eigenvalue weighted by Crippen LogP contribution is 2.27. The number of hydrogen-bond acceptors (Lipinski definition) is 22. The molecule has 4 aliphatic rings. The van der Waals surface area contributed by atoms with Gasteiger partial charge in [-0.25, -0.2) is 46.5 Å². The Morgan fingerprint density at radius 1 is 0.416 bits per heavy atom. The molecule has 4 unspecified atom stereocenters. The molecule has 4 N–H and O–H groups in total. The van der Waals surface area contributed by atoms with E-state index in [2.05, 4.69) is 92.1 Å². The monoisotopic (exact) mass is 2400 g/mol. The molecule has 4 saturated heterocycles. The van der Waals surface area contributed by atoms with Gasteiger partial charge >= 0.3 is 30.2 Å². The number of aryl methyl sites for hydroxylation is 3. The van der Waals surface area contributed by atoms with Gasteiger partial charge in [0, 0.05) is 355 Å². The number of halogens is 6. The third kappa shape index (κ3) is 72.8. The lowest BCUT2D eigenvalue weighted by Gasteiger charge is -2.31. The molecule has 0 spiro atoms. The Hall–Kier alpha value is 0.860. The van der Waals surface area contributed by atoms with Crippen LogP contribution in [-0.2, 0) is 358 Å². The molecule has 0 bridgehead atoms. The highest BCUT2D eigenvalue weighted by molar-refractivity contribution is 8.76. The van der Waals surface area contributed by atoms with Crippen molar-refractivity contribution in [3.63, 3.8) is 0 Å². The topological polar surface area (TPSA) is 263 Å². The molecule has 7 heterocycles. The number of carbonyl (C=O) groups excluding carboxylic acids is 6. The first-order chi connectivity index (χ1) is 57.3. The van der Waals surface area contributed by atoms with E-state index in [-0.39, 0.29) is 135 Å². The molecular weight excluding hydrogens is 2300 g/mol. The van der Waals surface area contributed by atoms with Crippen LogP contribution in [0.4, 0.5) is 37.8 Å². The number of ether oxygens (including phenoxy) is 4. The smallest absolute Gasteiger partial charge is 0.411 e. The number of nitrogen functional groups attached to an aromatic ring is 1. The number of anilines is 1. The summed E-state index contributed by atoms with van der Waals surface area (Å²) in [6, 6.07) is 14.1. The fraction of sp³-hybridized carbons (Fsp3) is 0.667. The van der Waals surface area contributed by atoms with E-state index in [1.54, 1.807) is 261 Å². The molecule has 125 heavy (non-hydrogen) atoms. The third-order valence-corrected chi connectivity index (χ3v) is 68.0. The van der Waals surface area contributed by atoms with Crippen LogP contribution in [0.5, 0.6) is 0 Å². The van der Waals surface area contributed by atoms with Crippen molar-refractivity contribution in [1.82, 2.24) is 35.0 Å². The minimum atomic E-state index is -1.12. The normalized spacial score (nSPS) is 17.7. The number of pyridine rings is 3. The molecule has 59 heteroatoms. The van der Waals surface area contributed by atoms with E-state index in [1.807, 2.05) is 63.2 Å². The molecule has 0 aliphatic carbocycles.